The van der Waals surface area contributed by atoms with Gasteiger partial charge in [-0.3, -0.25) is 4.79 Å². The minimum absolute atomic E-state index is 0.0480. The maximum atomic E-state index is 12.0. The van der Waals surface area contributed by atoms with Crippen LogP contribution in [0.5, 0.6) is 17.2 Å². The van der Waals surface area contributed by atoms with E-state index in [9.17, 15) is 14.7 Å². The Balaban J connectivity index is 1.52. The van der Waals surface area contributed by atoms with E-state index < -0.39 is 18.5 Å². The van der Waals surface area contributed by atoms with Gasteiger partial charge in [0.05, 0.1) is 11.6 Å². The SMILES string of the molecule is CC(NC(=O)COC(=O)c1ccc(O)cc1)c1ccc2c(c1)OCO2. The van der Waals surface area contributed by atoms with Crippen molar-refractivity contribution < 1.29 is 28.9 Å². The van der Waals surface area contributed by atoms with Crippen molar-refractivity contribution in [3.63, 3.8) is 0 Å². The minimum atomic E-state index is -0.633. The Bertz CT molecular complexity index is 787. The number of hydrogen-bond donors (Lipinski definition) is 2. The number of phenols is 1. The topological polar surface area (TPSA) is 94.1 Å². The molecule has 0 aromatic heterocycles. The van der Waals surface area contributed by atoms with Crippen LogP contribution < -0.4 is 14.8 Å². The highest BCUT2D eigenvalue weighted by Crippen LogP contribution is 2.34. The van der Waals surface area contributed by atoms with Gasteiger partial charge in [0.2, 0.25) is 6.79 Å². The Kier molecular flexibility index (Phi) is 4.74. The predicted octanol–water partition coefficient (Wildman–Crippen LogP) is 2.16. The number of nitrogens with one attached hydrogen (secondary N) is 1. The molecular formula is C18H17NO6. The van der Waals surface area contributed by atoms with Crippen LogP contribution in [0, 0.1) is 0 Å². The Morgan fingerprint density at radius 3 is 2.64 bits per heavy atom. The highest BCUT2D eigenvalue weighted by Gasteiger charge is 2.17. The van der Waals surface area contributed by atoms with Gasteiger partial charge in [-0.25, -0.2) is 4.79 Å². The van der Waals surface area contributed by atoms with Crippen LogP contribution in [0.25, 0.3) is 0 Å². The first-order valence-corrected chi connectivity index (χ1v) is 7.68. The molecule has 2 aromatic rings. The van der Waals surface area contributed by atoms with Gasteiger partial charge in [0.25, 0.3) is 5.91 Å². The van der Waals surface area contributed by atoms with Crippen molar-refractivity contribution in [2.45, 2.75) is 13.0 Å². The summed E-state index contributed by atoms with van der Waals surface area (Å²) in [6.07, 6.45) is 0. The van der Waals surface area contributed by atoms with Gasteiger partial charge in [-0.1, -0.05) is 6.07 Å². The smallest absolute Gasteiger partial charge is 0.338 e. The average Bonchev–Trinajstić information content (AvgIpc) is 3.08. The number of hydrogen-bond acceptors (Lipinski definition) is 6. The van der Waals surface area contributed by atoms with Crippen LogP contribution in [0.2, 0.25) is 0 Å². The molecule has 1 aliphatic rings. The van der Waals surface area contributed by atoms with Crippen molar-refractivity contribution in [1.82, 2.24) is 5.32 Å². The highest BCUT2D eigenvalue weighted by atomic mass is 16.7. The molecule has 0 saturated heterocycles. The number of aromatic hydroxyl groups is 1. The summed E-state index contributed by atoms with van der Waals surface area (Å²) in [7, 11) is 0. The van der Waals surface area contributed by atoms with Gasteiger partial charge in [0.15, 0.2) is 18.1 Å². The summed E-state index contributed by atoms with van der Waals surface area (Å²) in [4.78, 5) is 23.8. The highest BCUT2D eigenvalue weighted by molar-refractivity contribution is 5.91. The second-order valence-electron chi connectivity index (χ2n) is 5.52. The lowest BCUT2D eigenvalue weighted by molar-refractivity contribution is -0.124. The van der Waals surface area contributed by atoms with E-state index in [-0.39, 0.29) is 24.1 Å². The second-order valence-corrected chi connectivity index (χ2v) is 5.52. The first kappa shape index (κ1) is 16.6. The summed E-state index contributed by atoms with van der Waals surface area (Å²) >= 11 is 0. The van der Waals surface area contributed by atoms with Crippen molar-refractivity contribution in [3.05, 3.63) is 53.6 Å². The Morgan fingerprint density at radius 2 is 1.88 bits per heavy atom. The van der Waals surface area contributed by atoms with Crippen LogP contribution >= 0.6 is 0 Å². The zero-order valence-corrected chi connectivity index (χ0v) is 13.5. The lowest BCUT2D eigenvalue weighted by Crippen LogP contribution is -2.31. The van der Waals surface area contributed by atoms with Gasteiger partial charge >= 0.3 is 5.97 Å². The van der Waals surface area contributed by atoms with E-state index in [0.717, 1.165) is 5.56 Å². The van der Waals surface area contributed by atoms with Crippen molar-refractivity contribution >= 4 is 11.9 Å². The Labute approximate surface area is 144 Å². The number of carbonyl (C=O) groups excluding carboxylic acids is 2. The van der Waals surface area contributed by atoms with Gasteiger partial charge in [-0.2, -0.15) is 0 Å². The number of carbonyl (C=O) groups is 2. The molecule has 0 saturated carbocycles. The molecule has 2 N–H and O–H groups in total. The Morgan fingerprint density at radius 1 is 1.16 bits per heavy atom. The molecule has 1 aliphatic heterocycles. The molecule has 0 bridgehead atoms. The van der Waals surface area contributed by atoms with Gasteiger partial charge in [-0.05, 0) is 48.9 Å². The molecule has 130 valence electrons. The summed E-state index contributed by atoms with van der Waals surface area (Å²) in [6, 6.07) is 10.7. The standard InChI is InChI=1S/C18H17NO6/c1-11(13-4-7-15-16(8-13)25-10-24-15)19-17(21)9-23-18(22)12-2-5-14(20)6-3-12/h2-8,11,20H,9-10H2,1H3,(H,19,21). The molecule has 3 rings (SSSR count). The van der Waals surface area contributed by atoms with Gasteiger partial charge in [0.1, 0.15) is 5.75 Å². The number of benzene rings is 2. The zero-order chi connectivity index (χ0) is 17.8. The number of rotatable bonds is 5. The normalized spacial score (nSPS) is 13.2. The molecule has 0 radical (unpaired) electrons. The maximum Gasteiger partial charge on any atom is 0.338 e. The number of amides is 1. The van der Waals surface area contributed by atoms with Crippen LogP contribution in [0.3, 0.4) is 0 Å². The summed E-state index contributed by atoms with van der Waals surface area (Å²) in [5.74, 6) is 0.303. The van der Waals surface area contributed by atoms with Crippen molar-refractivity contribution in [2.75, 3.05) is 13.4 Å². The van der Waals surface area contributed by atoms with E-state index in [1.807, 2.05) is 13.0 Å². The lowest BCUT2D eigenvalue weighted by Gasteiger charge is -2.15. The molecular weight excluding hydrogens is 326 g/mol. The van der Waals surface area contributed by atoms with Crippen molar-refractivity contribution in [2.24, 2.45) is 0 Å². The van der Waals surface area contributed by atoms with Crippen LogP contribution in [-0.2, 0) is 9.53 Å². The van der Waals surface area contributed by atoms with Crippen molar-refractivity contribution in [1.29, 1.82) is 0 Å². The molecule has 0 fully saturated rings. The fourth-order valence-corrected chi connectivity index (χ4v) is 2.36. The molecule has 1 unspecified atom stereocenters. The predicted molar refractivity (Wildman–Crippen MR) is 87.5 cm³/mol. The number of ether oxygens (including phenoxy) is 3. The lowest BCUT2D eigenvalue weighted by atomic mass is 10.1. The van der Waals surface area contributed by atoms with Crippen LogP contribution in [0.4, 0.5) is 0 Å². The summed E-state index contributed by atoms with van der Waals surface area (Å²) in [5.41, 5.74) is 1.11. The van der Waals surface area contributed by atoms with Gasteiger partial charge in [0, 0.05) is 0 Å². The maximum absolute atomic E-state index is 12.0. The largest absolute Gasteiger partial charge is 0.508 e. The van der Waals surface area contributed by atoms with Gasteiger partial charge in [-0.15, -0.1) is 0 Å². The third-order valence-electron chi connectivity index (χ3n) is 3.71. The van der Waals surface area contributed by atoms with E-state index in [2.05, 4.69) is 5.32 Å². The second kappa shape index (κ2) is 7.12. The van der Waals surface area contributed by atoms with Crippen LogP contribution in [0.1, 0.15) is 28.9 Å². The van der Waals surface area contributed by atoms with E-state index >= 15 is 0 Å². The summed E-state index contributed by atoms with van der Waals surface area (Å²) in [6.45, 7) is 1.61. The molecule has 1 amide bonds. The number of fused-ring (bicyclic) bond motifs is 1. The Hall–Kier alpha value is -3.22. The van der Waals surface area contributed by atoms with E-state index in [4.69, 9.17) is 14.2 Å². The monoisotopic (exact) mass is 343 g/mol. The quantitative estimate of drug-likeness (QED) is 0.808. The van der Waals surface area contributed by atoms with E-state index in [1.165, 1.54) is 24.3 Å². The summed E-state index contributed by atoms with van der Waals surface area (Å²) < 4.78 is 15.5. The zero-order valence-electron chi connectivity index (χ0n) is 13.5. The van der Waals surface area contributed by atoms with Gasteiger partial charge < -0.3 is 24.6 Å². The van der Waals surface area contributed by atoms with E-state index in [0.29, 0.717) is 11.5 Å². The van der Waals surface area contributed by atoms with E-state index in [1.54, 1.807) is 12.1 Å². The molecule has 0 spiro atoms. The van der Waals surface area contributed by atoms with Crippen LogP contribution in [-0.4, -0.2) is 30.4 Å². The molecule has 1 heterocycles. The minimum Gasteiger partial charge on any atom is -0.508 e. The molecule has 25 heavy (non-hydrogen) atoms. The molecule has 2 aromatic carbocycles. The third-order valence-corrected chi connectivity index (χ3v) is 3.71. The number of esters is 1. The molecule has 1 atom stereocenters. The molecule has 0 aliphatic carbocycles. The summed E-state index contributed by atoms with van der Waals surface area (Å²) in [5, 5.41) is 11.9. The average molecular weight is 343 g/mol. The third kappa shape index (κ3) is 4.00. The fourth-order valence-electron chi connectivity index (χ4n) is 2.36. The first-order valence-electron chi connectivity index (χ1n) is 7.68. The number of phenolic OH excluding ortho intramolecular Hbond substituents is 1. The fraction of sp³-hybridized carbons (Fsp3) is 0.222. The first-order chi connectivity index (χ1) is 12.0. The molecule has 7 heteroatoms. The molecule has 7 nitrogen and oxygen atoms in total. The van der Waals surface area contributed by atoms with Crippen molar-refractivity contribution in [3.8, 4) is 17.2 Å². The van der Waals surface area contributed by atoms with Crippen LogP contribution in [0.15, 0.2) is 42.5 Å².